The Balaban J connectivity index is 2.01. The van der Waals surface area contributed by atoms with Gasteiger partial charge in [0.25, 0.3) is 0 Å². The topological polar surface area (TPSA) is 59.3 Å². The van der Waals surface area contributed by atoms with Crippen molar-refractivity contribution >= 4 is 11.4 Å². The largest absolute Gasteiger partial charge is 0.416 e. The van der Waals surface area contributed by atoms with E-state index in [1.54, 1.807) is 23.0 Å². The van der Waals surface area contributed by atoms with Gasteiger partial charge in [0.1, 0.15) is 0 Å². The number of hydrogen-bond acceptors (Lipinski definition) is 3. The van der Waals surface area contributed by atoms with Crippen molar-refractivity contribution < 1.29 is 18.0 Å². The zero-order valence-electron chi connectivity index (χ0n) is 12.9. The molecule has 0 spiro atoms. The Morgan fingerprint density at radius 3 is 2.60 bits per heavy atom. The van der Waals surface area contributed by atoms with E-state index in [2.05, 4.69) is 22.0 Å². The summed E-state index contributed by atoms with van der Waals surface area (Å²) in [6.07, 6.45) is -0.0408. The van der Waals surface area contributed by atoms with Crippen LogP contribution in [0.2, 0.25) is 0 Å². The van der Waals surface area contributed by atoms with E-state index in [-0.39, 0.29) is 12.5 Å². The van der Waals surface area contributed by atoms with Gasteiger partial charge in [-0.1, -0.05) is 18.7 Å². The molecule has 128 valence electrons. The summed E-state index contributed by atoms with van der Waals surface area (Å²) in [6, 6.07) is 6.46. The molecule has 0 atom stereocenters. The van der Waals surface area contributed by atoms with Crippen LogP contribution in [-0.2, 0) is 17.5 Å². The number of fused-ring (bicyclic) bond motifs is 1. The summed E-state index contributed by atoms with van der Waals surface area (Å²) in [7, 11) is 0. The highest BCUT2D eigenvalue weighted by Crippen LogP contribution is 2.31. The maximum atomic E-state index is 12.7. The first-order valence-corrected chi connectivity index (χ1v) is 7.29. The lowest BCUT2D eigenvalue weighted by molar-refractivity contribution is -0.137. The first kappa shape index (κ1) is 16.7. The van der Waals surface area contributed by atoms with Crippen LogP contribution in [0.3, 0.4) is 0 Å². The molecule has 0 aliphatic heterocycles. The average molecular weight is 346 g/mol. The fraction of sp³-hybridized carbons (Fsp3) is 0.118. The molecule has 5 nitrogen and oxygen atoms in total. The summed E-state index contributed by atoms with van der Waals surface area (Å²) in [6.45, 7) is 3.51. The maximum Gasteiger partial charge on any atom is 0.416 e. The third-order valence-electron chi connectivity index (χ3n) is 3.55. The van der Waals surface area contributed by atoms with Gasteiger partial charge in [-0.15, -0.1) is 0 Å². The molecule has 3 rings (SSSR count). The number of amides is 1. The second kappa shape index (κ2) is 6.39. The van der Waals surface area contributed by atoms with E-state index in [0.717, 1.165) is 18.2 Å². The van der Waals surface area contributed by atoms with E-state index in [1.807, 2.05) is 0 Å². The second-order valence-electron chi connectivity index (χ2n) is 5.24. The minimum Gasteiger partial charge on any atom is -0.347 e. The van der Waals surface area contributed by atoms with Gasteiger partial charge in [-0.3, -0.25) is 4.79 Å². The molecule has 1 amide bonds. The molecular weight excluding hydrogens is 333 g/mol. The summed E-state index contributed by atoms with van der Waals surface area (Å²) >= 11 is 0. The monoisotopic (exact) mass is 346 g/mol. The number of carbonyl (C=O) groups excluding carboxylic acids is 1. The standard InChI is InChI=1S/C17H13F3N4O/c1-2-15(25)21-9-13-10-24-14(7-8-22-24)16(23-13)11-3-5-12(6-4-11)17(18,19)20/h2-8,10H,1,9H2,(H,21,25). The van der Waals surface area contributed by atoms with Gasteiger partial charge in [0, 0.05) is 5.56 Å². The SMILES string of the molecule is C=CC(=O)NCc1cn2nccc2c(-c2ccc(C(F)(F)F)cc2)n1. The molecule has 0 aliphatic carbocycles. The van der Waals surface area contributed by atoms with Crippen molar-refractivity contribution in [3.63, 3.8) is 0 Å². The molecule has 3 aromatic rings. The summed E-state index contributed by atoms with van der Waals surface area (Å²) in [5.74, 6) is -0.349. The molecule has 0 aliphatic rings. The van der Waals surface area contributed by atoms with Crippen LogP contribution < -0.4 is 5.32 Å². The number of alkyl halides is 3. The molecule has 1 aromatic carbocycles. The number of nitrogens with zero attached hydrogens (tertiary/aromatic N) is 3. The third-order valence-corrected chi connectivity index (χ3v) is 3.55. The van der Waals surface area contributed by atoms with Crippen LogP contribution >= 0.6 is 0 Å². The molecule has 2 aromatic heterocycles. The van der Waals surface area contributed by atoms with Crippen molar-refractivity contribution in [3.05, 3.63) is 66.6 Å². The first-order chi connectivity index (χ1) is 11.9. The predicted molar refractivity (Wildman–Crippen MR) is 85.5 cm³/mol. The molecule has 1 N–H and O–H groups in total. The van der Waals surface area contributed by atoms with Crippen molar-refractivity contribution in [1.29, 1.82) is 0 Å². The Hall–Kier alpha value is -3.16. The molecule has 8 heteroatoms. The van der Waals surface area contributed by atoms with E-state index in [9.17, 15) is 18.0 Å². The zero-order chi connectivity index (χ0) is 18.0. The number of nitrogens with one attached hydrogen (secondary N) is 1. The van der Waals surface area contributed by atoms with Crippen molar-refractivity contribution in [1.82, 2.24) is 19.9 Å². The molecular formula is C17H13F3N4O. The lowest BCUT2D eigenvalue weighted by atomic mass is 10.1. The van der Waals surface area contributed by atoms with Crippen LogP contribution in [0.4, 0.5) is 13.2 Å². The fourth-order valence-corrected chi connectivity index (χ4v) is 2.34. The van der Waals surface area contributed by atoms with Gasteiger partial charge < -0.3 is 5.32 Å². The molecule has 0 unspecified atom stereocenters. The van der Waals surface area contributed by atoms with Crippen LogP contribution in [0, 0.1) is 0 Å². The third kappa shape index (κ3) is 3.52. The Morgan fingerprint density at radius 1 is 1.24 bits per heavy atom. The number of aromatic nitrogens is 3. The first-order valence-electron chi connectivity index (χ1n) is 7.29. The highest BCUT2D eigenvalue weighted by Gasteiger charge is 2.30. The molecule has 0 bridgehead atoms. The molecule has 0 saturated carbocycles. The Kier molecular flexibility index (Phi) is 4.26. The van der Waals surface area contributed by atoms with E-state index in [1.165, 1.54) is 12.1 Å². The normalized spacial score (nSPS) is 11.5. The maximum absolute atomic E-state index is 12.7. The van der Waals surface area contributed by atoms with Gasteiger partial charge in [0.2, 0.25) is 5.91 Å². The lowest BCUT2D eigenvalue weighted by Crippen LogP contribution is -2.21. The number of rotatable bonds is 4. The van der Waals surface area contributed by atoms with Crippen LogP contribution in [-0.4, -0.2) is 20.5 Å². The minimum atomic E-state index is -4.39. The van der Waals surface area contributed by atoms with Crippen LogP contribution in [0.1, 0.15) is 11.3 Å². The molecule has 25 heavy (non-hydrogen) atoms. The highest BCUT2D eigenvalue weighted by molar-refractivity contribution is 5.86. The summed E-state index contributed by atoms with van der Waals surface area (Å²) in [5.41, 5.74) is 1.45. The number of benzene rings is 1. The second-order valence-corrected chi connectivity index (χ2v) is 5.24. The summed E-state index contributed by atoms with van der Waals surface area (Å²) in [4.78, 5) is 15.7. The van der Waals surface area contributed by atoms with Crippen LogP contribution in [0.25, 0.3) is 16.8 Å². The van der Waals surface area contributed by atoms with Gasteiger partial charge in [0.15, 0.2) is 0 Å². The Bertz CT molecular complexity index is 929. The molecule has 0 fully saturated rings. The number of hydrogen-bond donors (Lipinski definition) is 1. The van der Waals surface area contributed by atoms with E-state index in [0.29, 0.717) is 22.5 Å². The molecule has 2 heterocycles. The van der Waals surface area contributed by atoms with E-state index in [4.69, 9.17) is 0 Å². The highest BCUT2D eigenvalue weighted by atomic mass is 19.4. The quantitative estimate of drug-likeness (QED) is 0.738. The van der Waals surface area contributed by atoms with Crippen molar-refractivity contribution in [3.8, 4) is 11.3 Å². The lowest BCUT2D eigenvalue weighted by Gasteiger charge is -2.10. The fourth-order valence-electron chi connectivity index (χ4n) is 2.34. The molecule has 0 saturated heterocycles. The van der Waals surface area contributed by atoms with Crippen molar-refractivity contribution in [2.24, 2.45) is 0 Å². The van der Waals surface area contributed by atoms with Gasteiger partial charge >= 0.3 is 6.18 Å². The van der Waals surface area contributed by atoms with Gasteiger partial charge in [0.05, 0.1) is 41.4 Å². The summed E-state index contributed by atoms with van der Waals surface area (Å²) in [5, 5.41) is 6.74. The van der Waals surface area contributed by atoms with Crippen LogP contribution in [0.15, 0.2) is 55.4 Å². The van der Waals surface area contributed by atoms with Gasteiger partial charge in [-0.05, 0) is 24.3 Å². The Labute approximate surface area is 140 Å². The van der Waals surface area contributed by atoms with Gasteiger partial charge in [-0.2, -0.15) is 18.3 Å². The van der Waals surface area contributed by atoms with E-state index < -0.39 is 11.7 Å². The van der Waals surface area contributed by atoms with Crippen molar-refractivity contribution in [2.75, 3.05) is 0 Å². The predicted octanol–water partition coefficient (Wildman–Crippen LogP) is 3.22. The zero-order valence-corrected chi connectivity index (χ0v) is 12.9. The van der Waals surface area contributed by atoms with E-state index >= 15 is 0 Å². The number of carbonyl (C=O) groups is 1. The number of halogens is 3. The Morgan fingerprint density at radius 2 is 1.96 bits per heavy atom. The smallest absolute Gasteiger partial charge is 0.347 e. The van der Waals surface area contributed by atoms with Crippen LogP contribution in [0.5, 0.6) is 0 Å². The summed E-state index contributed by atoms with van der Waals surface area (Å²) < 4.78 is 39.7. The van der Waals surface area contributed by atoms with Gasteiger partial charge in [-0.25, -0.2) is 9.50 Å². The average Bonchev–Trinajstić information content (AvgIpc) is 3.06. The van der Waals surface area contributed by atoms with Crippen molar-refractivity contribution in [2.45, 2.75) is 12.7 Å². The molecule has 0 radical (unpaired) electrons. The minimum absolute atomic E-state index is 0.147.